The van der Waals surface area contributed by atoms with Crippen LogP contribution >= 0.6 is 0 Å². The maximum absolute atomic E-state index is 11.1. The lowest BCUT2D eigenvalue weighted by Crippen LogP contribution is -2.28. The van der Waals surface area contributed by atoms with E-state index in [2.05, 4.69) is 28.8 Å². The average Bonchev–Trinajstić information content (AvgIpc) is 3.04. The lowest BCUT2D eigenvalue weighted by molar-refractivity contribution is -0.142. The molecule has 3 rings (SSSR count). The summed E-state index contributed by atoms with van der Waals surface area (Å²) in [5, 5.41) is 13.7. The first-order chi connectivity index (χ1) is 9.54. The molecule has 0 radical (unpaired) electrons. The van der Waals surface area contributed by atoms with Crippen LogP contribution in [-0.4, -0.2) is 49.9 Å². The zero-order valence-electron chi connectivity index (χ0n) is 12.1. The highest BCUT2D eigenvalue weighted by molar-refractivity contribution is 5.70. The number of carboxylic acid groups (broad SMARTS) is 1. The van der Waals surface area contributed by atoms with Crippen LogP contribution < -0.4 is 0 Å². The van der Waals surface area contributed by atoms with Crippen molar-refractivity contribution in [3.8, 4) is 0 Å². The van der Waals surface area contributed by atoms with Gasteiger partial charge >= 0.3 is 5.97 Å². The van der Waals surface area contributed by atoms with Crippen molar-refractivity contribution in [2.45, 2.75) is 51.6 Å². The van der Waals surface area contributed by atoms with Gasteiger partial charge in [-0.05, 0) is 33.2 Å². The molecule has 0 saturated carbocycles. The number of carboxylic acids is 1. The number of hydrogen-bond donors (Lipinski definition) is 1. The van der Waals surface area contributed by atoms with Crippen LogP contribution in [0, 0.1) is 5.92 Å². The molecule has 110 valence electrons. The summed E-state index contributed by atoms with van der Waals surface area (Å²) >= 11 is 0. The number of rotatable bonds is 3. The highest BCUT2D eigenvalue weighted by atomic mass is 16.4. The summed E-state index contributed by atoms with van der Waals surface area (Å²) in [5.74, 6) is 1.15. The van der Waals surface area contributed by atoms with Crippen LogP contribution in [0.5, 0.6) is 0 Å². The van der Waals surface area contributed by atoms with Crippen LogP contribution in [0.2, 0.25) is 0 Å². The molecule has 0 aliphatic carbocycles. The summed E-state index contributed by atoms with van der Waals surface area (Å²) in [7, 11) is 0. The van der Waals surface area contributed by atoms with Gasteiger partial charge in [-0.3, -0.25) is 4.79 Å². The van der Waals surface area contributed by atoms with E-state index in [0.29, 0.717) is 31.3 Å². The molecule has 2 unspecified atom stereocenters. The van der Waals surface area contributed by atoms with Crippen LogP contribution in [0.3, 0.4) is 0 Å². The Kier molecular flexibility index (Phi) is 3.50. The monoisotopic (exact) mass is 278 g/mol. The number of hydrogen-bond acceptors (Lipinski definition) is 4. The largest absolute Gasteiger partial charge is 0.481 e. The summed E-state index contributed by atoms with van der Waals surface area (Å²) < 4.78 is 1.91. The first kappa shape index (κ1) is 13.5. The van der Waals surface area contributed by atoms with Crippen molar-refractivity contribution in [2.75, 3.05) is 13.1 Å². The maximum atomic E-state index is 11.1. The van der Waals surface area contributed by atoms with Gasteiger partial charge < -0.3 is 10.0 Å². The van der Waals surface area contributed by atoms with E-state index in [0.717, 1.165) is 31.2 Å². The summed E-state index contributed by atoms with van der Waals surface area (Å²) in [5.41, 5.74) is 0. The topological polar surface area (TPSA) is 71.2 Å². The fraction of sp³-hybridized carbons (Fsp3) is 0.786. The van der Waals surface area contributed by atoms with Gasteiger partial charge in [-0.2, -0.15) is 5.10 Å². The molecule has 2 aliphatic heterocycles. The minimum Gasteiger partial charge on any atom is -0.481 e. The number of aryl methyl sites for hydroxylation is 1. The van der Waals surface area contributed by atoms with E-state index >= 15 is 0 Å². The molecule has 2 aliphatic rings. The molecule has 2 atom stereocenters. The average molecular weight is 278 g/mol. The second-order valence-electron chi connectivity index (χ2n) is 6.21. The van der Waals surface area contributed by atoms with E-state index in [-0.39, 0.29) is 5.92 Å². The smallest absolute Gasteiger partial charge is 0.307 e. The zero-order chi connectivity index (χ0) is 14.3. The number of fused-ring (bicyclic) bond motifs is 1. The van der Waals surface area contributed by atoms with Gasteiger partial charge in [0.15, 0.2) is 5.82 Å². The predicted octanol–water partition coefficient (Wildman–Crippen LogP) is 1.12. The Labute approximate surface area is 118 Å². The van der Waals surface area contributed by atoms with Gasteiger partial charge in [-0.25, -0.2) is 9.67 Å². The van der Waals surface area contributed by atoms with E-state index in [1.165, 1.54) is 0 Å². The lowest BCUT2D eigenvalue weighted by Gasteiger charge is -2.19. The van der Waals surface area contributed by atoms with Crippen molar-refractivity contribution in [2.24, 2.45) is 5.92 Å². The lowest BCUT2D eigenvalue weighted by atomic mass is 9.98. The Morgan fingerprint density at radius 3 is 2.80 bits per heavy atom. The number of carbonyl (C=O) groups is 1. The fourth-order valence-electron chi connectivity index (χ4n) is 3.18. The molecule has 0 aromatic carbocycles. The minimum atomic E-state index is -0.715. The summed E-state index contributed by atoms with van der Waals surface area (Å²) in [6.45, 7) is 7.23. The van der Waals surface area contributed by atoms with Crippen LogP contribution in [-0.2, 0) is 17.8 Å². The van der Waals surface area contributed by atoms with Gasteiger partial charge in [0.1, 0.15) is 5.82 Å². The van der Waals surface area contributed by atoms with E-state index in [1.807, 2.05) is 4.68 Å². The Hall–Kier alpha value is -1.43. The standard InChI is InChI=1S/C14H22N4O2/c1-9(2)17-5-3-11(8-17)13-15-12-7-10(14(19)20)4-6-18(12)16-13/h9-11H,3-8H2,1-2H3,(H,19,20). The Morgan fingerprint density at radius 2 is 2.15 bits per heavy atom. The molecule has 20 heavy (non-hydrogen) atoms. The first-order valence-electron chi connectivity index (χ1n) is 7.45. The third kappa shape index (κ3) is 2.44. The van der Waals surface area contributed by atoms with Crippen molar-refractivity contribution in [1.82, 2.24) is 19.7 Å². The first-order valence-corrected chi connectivity index (χ1v) is 7.45. The van der Waals surface area contributed by atoms with Crippen LogP contribution in [0.1, 0.15) is 44.3 Å². The van der Waals surface area contributed by atoms with Crippen LogP contribution in [0.15, 0.2) is 0 Å². The summed E-state index contributed by atoms with van der Waals surface area (Å²) in [4.78, 5) is 18.2. The molecule has 6 nitrogen and oxygen atoms in total. The predicted molar refractivity (Wildman–Crippen MR) is 73.5 cm³/mol. The van der Waals surface area contributed by atoms with Gasteiger partial charge in [0, 0.05) is 31.5 Å². The van der Waals surface area contributed by atoms with E-state index in [1.54, 1.807) is 0 Å². The van der Waals surface area contributed by atoms with Gasteiger partial charge in [-0.1, -0.05) is 0 Å². The Bertz CT molecular complexity index is 511. The van der Waals surface area contributed by atoms with Crippen molar-refractivity contribution in [3.63, 3.8) is 0 Å². The highest BCUT2D eigenvalue weighted by Gasteiger charge is 2.31. The number of nitrogens with zero attached hydrogens (tertiary/aromatic N) is 4. The van der Waals surface area contributed by atoms with Gasteiger partial charge in [0.2, 0.25) is 0 Å². The van der Waals surface area contributed by atoms with Gasteiger partial charge in [-0.15, -0.1) is 0 Å². The molecule has 3 heterocycles. The number of aliphatic carboxylic acids is 1. The van der Waals surface area contributed by atoms with Crippen molar-refractivity contribution in [3.05, 3.63) is 11.6 Å². The second-order valence-corrected chi connectivity index (χ2v) is 6.21. The number of likely N-dealkylation sites (tertiary alicyclic amines) is 1. The minimum absolute atomic E-state index is 0.296. The zero-order valence-corrected chi connectivity index (χ0v) is 12.1. The Balaban J connectivity index is 1.73. The quantitative estimate of drug-likeness (QED) is 0.897. The third-order valence-electron chi connectivity index (χ3n) is 4.55. The van der Waals surface area contributed by atoms with Gasteiger partial charge in [0.05, 0.1) is 5.92 Å². The molecule has 0 bridgehead atoms. The van der Waals surface area contributed by atoms with E-state index in [9.17, 15) is 4.79 Å². The van der Waals surface area contributed by atoms with E-state index in [4.69, 9.17) is 5.11 Å². The molecule has 1 N–H and O–H groups in total. The molecule has 1 fully saturated rings. The molecule has 1 aromatic rings. The van der Waals surface area contributed by atoms with Crippen LogP contribution in [0.25, 0.3) is 0 Å². The van der Waals surface area contributed by atoms with Crippen molar-refractivity contribution >= 4 is 5.97 Å². The maximum Gasteiger partial charge on any atom is 0.307 e. The van der Waals surface area contributed by atoms with Crippen molar-refractivity contribution < 1.29 is 9.90 Å². The normalized spacial score (nSPS) is 26.9. The third-order valence-corrected chi connectivity index (χ3v) is 4.55. The van der Waals surface area contributed by atoms with Crippen LogP contribution in [0.4, 0.5) is 0 Å². The number of aromatic nitrogens is 3. The molecular formula is C14H22N4O2. The van der Waals surface area contributed by atoms with Gasteiger partial charge in [0.25, 0.3) is 0 Å². The summed E-state index contributed by atoms with van der Waals surface area (Å²) in [6, 6.07) is 0.564. The van der Waals surface area contributed by atoms with Crippen molar-refractivity contribution in [1.29, 1.82) is 0 Å². The highest BCUT2D eigenvalue weighted by Crippen LogP contribution is 2.28. The summed E-state index contributed by atoms with van der Waals surface area (Å²) in [6.07, 6.45) is 2.28. The van der Waals surface area contributed by atoms with E-state index < -0.39 is 5.97 Å². The molecular weight excluding hydrogens is 256 g/mol. The second kappa shape index (κ2) is 5.16. The molecule has 1 aromatic heterocycles. The Morgan fingerprint density at radius 1 is 1.35 bits per heavy atom. The molecule has 6 heteroatoms. The molecule has 1 saturated heterocycles. The molecule has 0 spiro atoms. The SMILES string of the molecule is CC(C)N1CCC(c2nc3n(n2)CCC(C(=O)O)C3)C1. The fourth-order valence-corrected chi connectivity index (χ4v) is 3.18. The molecule has 0 amide bonds.